The number of hydrogen-bond acceptors (Lipinski definition) is 5. The second-order valence-electron chi connectivity index (χ2n) is 8.76. The van der Waals surface area contributed by atoms with E-state index in [1.165, 1.54) is 27.9 Å². The Morgan fingerprint density at radius 3 is 2.32 bits per heavy atom. The van der Waals surface area contributed by atoms with Gasteiger partial charge in [0.15, 0.2) is 11.5 Å². The molecule has 0 saturated heterocycles. The maximum Gasteiger partial charge on any atom is 0.182 e. The van der Waals surface area contributed by atoms with Gasteiger partial charge in [-0.3, -0.25) is 0 Å². The Labute approximate surface area is 182 Å². The zero-order valence-electron chi connectivity index (χ0n) is 18.2. The lowest BCUT2D eigenvalue weighted by atomic mass is 9.78. The summed E-state index contributed by atoms with van der Waals surface area (Å²) in [5.74, 6) is 0.615. The van der Waals surface area contributed by atoms with Gasteiger partial charge in [0.1, 0.15) is 6.26 Å². The molecule has 0 spiro atoms. The quantitative estimate of drug-likeness (QED) is 0.455. The molecule has 0 aliphatic carbocycles. The van der Waals surface area contributed by atoms with Crippen LogP contribution in [0.2, 0.25) is 0 Å². The molecule has 1 aliphatic rings. The molecule has 5 rings (SSSR count). The Morgan fingerprint density at radius 2 is 1.65 bits per heavy atom. The zero-order chi connectivity index (χ0) is 21.4. The first-order chi connectivity index (χ1) is 15.0. The summed E-state index contributed by atoms with van der Waals surface area (Å²) in [6.45, 7) is 8.42. The van der Waals surface area contributed by atoms with Crippen LogP contribution in [0.3, 0.4) is 0 Å². The largest absolute Gasteiger partial charge is 0.365 e. The molecule has 0 amide bonds. The standard InChI is InChI=1S/C26H26N4O/c1-18-4-6-20(7-5-18)26(2,3)21-8-10-22(11-9-21)30-14-12-19-16-27-25(28-24(19)17-30)23-13-15-31-29-23/h4-11,13,15-16H,12,14,17H2,1-3H3. The van der Waals surface area contributed by atoms with Gasteiger partial charge in [-0.1, -0.05) is 61.0 Å². The van der Waals surface area contributed by atoms with Gasteiger partial charge in [-0.15, -0.1) is 0 Å². The van der Waals surface area contributed by atoms with Crippen molar-refractivity contribution in [1.82, 2.24) is 15.1 Å². The van der Waals surface area contributed by atoms with Crippen LogP contribution in [0.1, 0.15) is 41.8 Å². The highest BCUT2D eigenvalue weighted by Crippen LogP contribution is 2.33. The molecule has 1 aliphatic heterocycles. The minimum atomic E-state index is -0.0412. The van der Waals surface area contributed by atoms with Crippen molar-refractivity contribution < 1.29 is 4.52 Å². The third-order valence-corrected chi connectivity index (χ3v) is 6.34. The van der Waals surface area contributed by atoms with Gasteiger partial charge in [0.05, 0.1) is 12.2 Å². The lowest BCUT2D eigenvalue weighted by molar-refractivity contribution is 0.421. The molecule has 0 saturated carbocycles. The van der Waals surface area contributed by atoms with Crippen molar-refractivity contribution in [1.29, 1.82) is 0 Å². The van der Waals surface area contributed by atoms with Gasteiger partial charge in [-0.2, -0.15) is 0 Å². The summed E-state index contributed by atoms with van der Waals surface area (Å²) < 4.78 is 4.94. The second kappa shape index (κ2) is 7.65. The first-order valence-electron chi connectivity index (χ1n) is 10.7. The molecule has 0 bridgehead atoms. The number of aryl methyl sites for hydroxylation is 1. The normalized spacial score (nSPS) is 13.8. The van der Waals surface area contributed by atoms with Crippen molar-refractivity contribution in [2.24, 2.45) is 0 Å². The van der Waals surface area contributed by atoms with Gasteiger partial charge in [0.2, 0.25) is 0 Å². The summed E-state index contributed by atoms with van der Waals surface area (Å²) in [5.41, 5.74) is 8.04. The predicted octanol–water partition coefficient (Wildman–Crippen LogP) is 5.33. The van der Waals surface area contributed by atoms with Crippen LogP contribution in [0.4, 0.5) is 5.69 Å². The van der Waals surface area contributed by atoms with Gasteiger partial charge in [-0.25, -0.2) is 9.97 Å². The van der Waals surface area contributed by atoms with E-state index < -0.39 is 0 Å². The minimum Gasteiger partial charge on any atom is -0.365 e. The Morgan fingerprint density at radius 1 is 0.935 bits per heavy atom. The van der Waals surface area contributed by atoms with Crippen LogP contribution in [0.5, 0.6) is 0 Å². The van der Waals surface area contributed by atoms with E-state index in [1.807, 2.05) is 6.20 Å². The topological polar surface area (TPSA) is 55.1 Å². The lowest BCUT2D eigenvalue weighted by Crippen LogP contribution is -2.31. The molecular weight excluding hydrogens is 384 g/mol. The molecule has 0 fully saturated rings. The monoisotopic (exact) mass is 410 g/mol. The fourth-order valence-electron chi connectivity index (χ4n) is 4.20. The molecule has 3 heterocycles. The first kappa shape index (κ1) is 19.5. The Hall–Kier alpha value is -3.47. The SMILES string of the molecule is Cc1ccc(C(C)(C)c2ccc(N3CCc4cnc(-c5ccon5)nc4C3)cc2)cc1. The highest BCUT2D eigenvalue weighted by atomic mass is 16.5. The maximum atomic E-state index is 4.94. The highest BCUT2D eigenvalue weighted by molar-refractivity contribution is 5.53. The van der Waals surface area contributed by atoms with Crippen LogP contribution in [0, 0.1) is 6.92 Å². The number of aromatic nitrogens is 3. The molecule has 0 atom stereocenters. The van der Waals surface area contributed by atoms with Crippen LogP contribution in [-0.2, 0) is 18.4 Å². The summed E-state index contributed by atoms with van der Waals surface area (Å²) >= 11 is 0. The minimum absolute atomic E-state index is 0.0412. The van der Waals surface area contributed by atoms with Crippen LogP contribution < -0.4 is 4.90 Å². The Balaban J connectivity index is 1.37. The molecule has 0 unspecified atom stereocenters. The number of fused-ring (bicyclic) bond motifs is 1. The lowest BCUT2D eigenvalue weighted by Gasteiger charge is -2.31. The van der Waals surface area contributed by atoms with Crippen molar-refractivity contribution in [3.8, 4) is 11.5 Å². The van der Waals surface area contributed by atoms with Crippen molar-refractivity contribution >= 4 is 5.69 Å². The average molecular weight is 411 g/mol. The summed E-state index contributed by atoms with van der Waals surface area (Å²) in [6.07, 6.45) is 4.41. The maximum absolute atomic E-state index is 4.94. The molecule has 156 valence electrons. The number of nitrogens with zero attached hydrogens (tertiary/aromatic N) is 4. The summed E-state index contributed by atoms with van der Waals surface area (Å²) in [6, 6.07) is 19.6. The van der Waals surface area contributed by atoms with E-state index in [2.05, 4.69) is 84.3 Å². The summed E-state index contributed by atoms with van der Waals surface area (Å²) in [7, 11) is 0. The third kappa shape index (κ3) is 3.72. The van der Waals surface area contributed by atoms with Crippen LogP contribution in [0.25, 0.3) is 11.5 Å². The number of anilines is 1. The molecule has 2 aromatic heterocycles. The van der Waals surface area contributed by atoms with Crippen LogP contribution in [-0.4, -0.2) is 21.7 Å². The molecule has 5 nitrogen and oxygen atoms in total. The smallest absolute Gasteiger partial charge is 0.182 e. The third-order valence-electron chi connectivity index (χ3n) is 6.34. The number of rotatable bonds is 4. The molecule has 0 radical (unpaired) electrons. The van der Waals surface area contributed by atoms with E-state index in [1.54, 1.807) is 12.3 Å². The highest BCUT2D eigenvalue weighted by Gasteiger charge is 2.24. The summed E-state index contributed by atoms with van der Waals surface area (Å²) in [5, 5.41) is 3.96. The zero-order valence-corrected chi connectivity index (χ0v) is 18.2. The van der Waals surface area contributed by atoms with E-state index in [9.17, 15) is 0 Å². The number of benzene rings is 2. The van der Waals surface area contributed by atoms with Crippen molar-refractivity contribution in [2.45, 2.75) is 39.2 Å². The van der Waals surface area contributed by atoms with Crippen LogP contribution >= 0.6 is 0 Å². The van der Waals surface area contributed by atoms with E-state index in [4.69, 9.17) is 9.51 Å². The molecular formula is C26H26N4O. The van der Waals surface area contributed by atoms with Crippen LogP contribution in [0.15, 0.2) is 71.6 Å². The second-order valence-corrected chi connectivity index (χ2v) is 8.76. The van der Waals surface area contributed by atoms with Crippen molar-refractivity contribution in [2.75, 3.05) is 11.4 Å². The fourth-order valence-corrected chi connectivity index (χ4v) is 4.20. The van der Waals surface area contributed by atoms with Crippen molar-refractivity contribution in [3.63, 3.8) is 0 Å². The van der Waals surface area contributed by atoms with E-state index in [0.717, 1.165) is 25.2 Å². The van der Waals surface area contributed by atoms with Gasteiger partial charge in [-0.05, 0) is 42.2 Å². The molecule has 5 heteroatoms. The molecule has 2 aromatic carbocycles. The van der Waals surface area contributed by atoms with Gasteiger partial charge in [0.25, 0.3) is 0 Å². The average Bonchev–Trinajstić information content (AvgIpc) is 3.34. The predicted molar refractivity (Wildman–Crippen MR) is 122 cm³/mol. The Kier molecular flexibility index (Phi) is 4.81. The van der Waals surface area contributed by atoms with E-state index in [-0.39, 0.29) is 5.41 Å². The molecule has 0 N–H and O–H groups in total. The number of hydrogen-bond donors (Lipinski definition) is 0. The van der Waals surface area contributed by atoms with Gasteiger partial charge in [0, 0.05) is 29.9 Å². The first-order valence-corrected chi connectivity index (χ1v) is 10.7. The van der Waals surface area contributed by atoms with Gasteiger partial charge >= 0.3 is 0 Å². The van der Waals surface area contributed by atoms with Gasteiger partial charge < -0.3 is 9.42 Å². The molecule has 4 aromatic rings. The molecule has 31 heavy (non-hydrogen) atoms. The summed E-state index contributed by atoms with van der Waals surface area (Å²) in [4.78, 5) is 11.6. The van der Waals surface area contributed by atoms with E-state index >= 15 is 0 Å². The fraction of sp³-hybridized carbons (Fsp3) is 0.269. The Bertz CT molecular complexity index is 1180. The van der Waals surface area contributed by atoms with Crippen molar-refractivity contribution in [3.05, 3.63) is 95.0 Å². The van der Waals surface area contributed by atoms with E-state index in [0.29, 0.717) is 11.5 Å².